The molecule has 5 nitrogen and oxygen atoms in total. The van der Waals surface area contributed by atoms with Crippen LogP contribution in [-0.4, -0.2) is 28.8 Å². The molecule has 0 bridgehead atoms. The number of hydrogen-bond acceptors (Lipinski definition) is 3. The number of fused-ring (bicyclic) bond motifs is 1. The van der Waals surface area contributed by atoms with Crippen molar-refractivity contribution in [3.05, 3.63) is 46.8 Å². The van der Waals surface area contributed by atoms with Gasteiger partial charge in [0.2, 0.25) is 5.91 Å². The molecule has 2 fully saturated rings. The highest BCUT2D eigenvalue weighted by molar-refractivity contribution is 5.77. The molecule has 30 heavy (non-hydrogen) atoms. The van der Waals surface area contributed by atoms with Crippen LogP contribution in [0.3, 0.4) is 0 Å². The second-order valence-electron chi connectivity index (χ2n) is 9.30. The lowest BCUT2D eigenvalue weighted by Crippen LogP contribution is -2.59. The molecule has 1 aromatic heterocycles. The van der Waals surface area contributed by atoms with Crippen molar-refractivity contribution in [1.82, 2.24) is 15.1 Å². The van der Waals surface area contributed by atoms with Gasteiger partial charge in [-0.1, -0.05) is 25.0 Å². The zero-order chi connectivity index (χ0) is 21.4. The molecular weight excluding hydrogens is 374 g/mol. The summed E-state index contributed by atoms with van der Waals surface area (Å²) >= 11 is 0. The summed E-state index contributed by atoms with van der Waals surface area (Å²) in [6.07, 6.45) is 5.56. The minimum absolute atomic E-state index is 0.0547. The number of methoxy groups -OCH3 is 1. The molecule has 2 aliphatic rings. The molecule has 1 N–H and O–H groups in total. The SMILES string of the molecule is COc1ccc([C@H]2[C@@H]3CCCC[C@@H]3[C@@H]2NC(=O)C[C@H](C)n2nc(C)c(C)c2C)cc1. The molecule has 0 aliphatic heterocycles. The van der Waals surface area contributed by atoms with Crippen molar-refractivity contribution in [3.63, 3.8) is 0 Å². The van der Waals surface area contributed by atoms with Crippen LogP contribution in [0, 0.1) is 32.6 Å². The summed E-state index contributed by atoms with van der Waals surface area (Å²) in [6.45, 7) is 8.30. The Morgan fingerprint density at radius 1 is 1.17 bits per heavy atom. The summed E-state index contributed by atoms with van der Waals surface area (Å²) in [4.78, 5) is 13.0. The Bertz CT molecular complexity index is 902. The van der Waals surface area contributed by atoms with Gasteiger partial charge in [-0.3, -0.25) is 9.48 Å². The van der Waals surface area contributed by atoms with E-state index in [1.807, 2.05) is 23.7 Å². The van der Waals surface area contributed by atoms with E-state index in [0.717, 1.165) is 17.1 Å². The van der Waals surface area contributed by atoms with Crippen LogP contribution in [0.25, 0.3) is 0 Å². The van der Waals surface area contributed by atoms with Gasteiger partial charge < -0.3 is 10.1 Å². The summed E-state index contributed by atoms with van der Waals surface area (Å²) in [6, 6.07) is 8.73. The van der Waals surface area contributed by atoms with Gasteiger partial charge in [-0.15, -0.1) is 0 Å². The third kappa shape index (κ3) is 3.75. The average molecular weight is 410 g/mol. The predicted molar refractivity (Wildman–Crippen MR) is 119 cm³/mol. The highest BCUT2D eigenvalue weighted by atomic mass is 16.5. The standard InChI is InChI=1S/C25H35N3O2/c1-15(28-18(4)16(2)17(3)27-28)14-23(29)26-25-22-9-7-6-8-21(22)24(25)19-10-12-20(30-5)13-11-19/h10-13,15,21-22,24-25H,6-9,14H2,1-5H3,(H,26,29)/t15-,21+,22-,24-,25-/m0/s1. The molecule has 2 aliphatic carbocycles. The minimum Gasteiger partial charge on any atom is -0.497 e. The molecule has 1 heterocycles. The van der Waals surface area contributed by atoms with Crippen LogP contribution in [0.2, 0.25) is 0 Å². The lowest BCUT2D eigenvalue weighted by atomic mass is 9.53. The normalized spacial score (nSPS) is 26.4. The molecule has 1 amide bonds. The number of benzene rings is 1. The third-order valence-corrected chi connectivity index (χ3v) is 7.60. The van der Waals surface area contributed by atoms with Gasteiger partial charge in [-0.05, 0) is 75.6 Å². The Kier molecular flexibility index (Phi) is 5.90. The van der Waals surface area contributed by atoms with Crippen molar-refractivity contribution in [1.29, 1.82) is 0 Å². The van der Waals surface area contributed by atoms with Crippen molar-refractivity contribution in [2.24, 2.45) is 11.8 Å². The molecule has 4 rings (SSSR count). The maximum absolute atomic E-state index is 13.0. The minimum atomic E-state index is 0.0547. The van der Waals surface area contributed by atoms with Crippen LogP contribution in [-0.2, 0) is 4.79 Å². The Labute approximate surface area is 180 Å². The topological polar surface area (TPSA) is 56.1 Å². The van der Waals surface area contributed by atoms with Crippen LogP contribution >= 0.6 is 0 Å². The third-order valence-electron chi connectivity index (χ3n) is 7.60. The summed E-state index contributed by atoms with van der Waals surface area (Å²) in [7, 11) is 1.70. The van der Waals surface area contributed by atoms with Crippen LogP contribution < -0.4 is 10.1 Å². The average Bonchev–Trinajstić information content (AvgIpc) is 3.00. The number of hydrogen-bond donors (Lipinski definition) is 1. The van der Waals surface area contributed by atoms with Gasteiger partial charge in [0.1, 0.15) is 5.75 Å². The van der Waals surface area contributed by atoms with Gasteiger partial charge in [0, 0.05) is 24.1 Å². The van der Waals surface area contributed by atoms with Gasteiger partial charge in [0.15, 0.2) is 0 Å². The molecule has 2 aromatic rings. The Balaban J connectivity index is 1.46. The second kappa shape index (κ2) is 8.44. The molecule has 0 saturated heterocycles. The van der Waals surface area contributed by atoms with E-state index in [9.17, 15) is 4.79 Å². The van der Waals surface area contributed by atoms with Crippen LogP contribution in [0.5, 0.6) is 5.75 Å². The first-order chi connectivity index (χ1) is 14.4. The maximum Gasteiger partial charge on any atom is 0.222 e. The summed E-state index contributed by atoms with van der Waals surface area (Å²) in [5, 5.41) is 8.07. The lowest BCUT2D eigenvalue weighted by Gasteiger charge is -2.55. The Morgan fingerprint density at radius 2 is 1.83 bits per heavy atom. The predicted octanol–water partition coefficient (Wildman–Crippen LogP) is 4.86. The molecule has 162 valence electrons. The highest BCUT2D eigenvalue weighted by Gasteiger charge is 2.51. The number of aromatic nitrogens is 2. The number of aryl methyl sites for hydroxylation is 1. The fourth-order valence-electron chi connectivity index (χ4n) is 5.72. The van der Waals surface area contributed by atoms with E-state index in [2.05, 4.69) is 43.3 Å². The Hall–Kier alpha value is -2.30. The number of nitrogens with one attached hydrogen (secondary N) is 1. The van der Waals surface area contributed by atoms with Crippen molar-refractivity contribution in [3.8, 4) is 5.75 Å². The van der Waals surface area contributed by atoms with E-state index in [1.165, 1.54) is 36.8 Å². The smallest absolute Gasteiger partial charge is 0.222 e. The molecule has 0 radical (unpaired) electrons. The quantitative estimate of drug-likeness (QED) is 0.741. The van der Waals surface area contributed by atoms with Crippen LogP contribution in [0.1, 0.15) is 73.5 Å². The van der Waals surface area contributed by atoms with Crippen molar-refractivity contribution >= 4 is 5.91 Å². The molecule has 0 unspecified atom stereocenters. The first-order valence-electron chi connectivity index (χ1n) is 11.4. The van der Waals surface area contributed by atoms with Crippen LogP contribution in [0.15, 0.2) is 24.3 Å². The maximum atomic E-state index is 13.0. The highest BCUT2D eigenvalue weighted by Crippen LogP contribution is 2.54. The number of nitrogens with zero attached hydrogens (tertiary/aromatic N) is 2. The molecule has 5 heteroatoms. The zero-order valence-electron chi connectivity index (χ0n) is 18.9. The summed E-state index contributed by atoms with van der Waals surface area (Å²) in [5.74, 6) is 2.74. The molecule has 1 aromatic carbocycles. The van der Waals surface area contributed by atoms with E-state index in [1.54, 1.807) is 7.11 Å². The number of ether oxygens (including phenoxy) is 1. The summed E-state index contributed by atoms with van der Waals surface area (Å²) < 4.78 is 7.34. The first-order valence-corrected chi connectivity index (χ1v) is 11.4. The number of amides is 1. The van der Waals surface area contributed by atoms with E-state index >= 15 is 0 Å². The van der Waals surface area contributed by atoms with E-state index < -0.39 is 0 Å². The zero-order valence-corrected chi connectivity index (χ0v) is 18.9. The van der Waals surface area contributed by atoms with Crippen LogP contribution in [0.4, 0.5) is 0 Å². The monoisotopic (exact) mass is 409 g/mol. The first kappa shape index (κ1) is 21.0. The molecule has 0 spiro atoms. The van der Waals surface area contributed by atoms with E-state index in [0.29, 0.717) is 24.2 Å². The fourth-order valence-corrected chi connectivity index (χ4v) is 5.72. The van der Waals surface area contributed by atoms with E-state index in [4.69, 9.17) is 4.74 Å². The van der Waals surface area contributed by atoms with Gasteiger partial charge >= 0.3 is 0 Å². The Morgan fingerprint density at radius 3 is 2.43 bits per heavy atom. The van der Waals surface area contributed by atoms with Crippen molar-refractivity contribution in [2.45, 2.75) is 77.8 Å². The second-order valence-corrected chi connectivity index (χ2v) is 9.30. The number of carbonyl (C=O) groups is 1. The van der Waals surface area contributed by atoms with Gasteiger partial charge in [-0.25, -0.2) is 0 Å². The lowest BCUT2D eigenvalue weighted by molar-refractivity contribution is -0.125. The number of rotatable bonds is 6. The fraction of sp³-hybridized carbons (Fsp3) is 0.600. The molecule has 5 atom stereocenters. The number of carbonyl (C=O) groups excluding carboxylic acids is 1. The molecule has 2 saturated carbocycles. The largest absolute Gasteiger partial charge is 0.497 e. The van der Waals surface area contributed by atoms with Gasteiger partial charge in [0.05, 0.1) is 18.8 Å². The molecular formula is C25H35N3O2. The van der Waals surface area contributed by atoms with E-state index in [-0.39, 0.29) is 18.0 Å². The van der Waals surface area contributed by atoms with Crippen molar-refractivity contribution < 1.29 is 9.53 Å². The summed E-state index contributed by atoms with van der Waals surface area (Å²) in [5.41, 5.74) is 4.74. The van der Waals surface area contributed by atoms with Gasteiger partial charge in [-0.2, -0.15) is 5.10 Å². The van der Waals surface area contributed by atoms with Crippen molar-refractivity contribution in [2.75, 3.05) is 7.11 Å². The van der Waals surface area contributed by atoms with Gasteiger partial charge in [0.25, 0.3) is 0 Å².